The summed E-state index contributed by atoms with van der Waals surface area (Å²) in [5, 5.41) is 20.5. The second kappa shape index (κ2) is 8.46. The third-order valence-electron chi connectivity index (χ3n) is 6.20. The largest absolute Gasteiger partial charge is 0.493 e. The molecule has 2 aliphatic rings. The van der Waals surface area contributed by atoms with E-state index in [2.05, 4.69) is 0 Å². The highest BCUT2D eigenvalue weighted by Gasteiger charge is 2.44. The maximum atomic E-state index is 10.6. The molecule has 2 heterocycles. The van der Waals surface area contributed by atoms with Gasteiger partial charge in [-0.05, 0) is 73.9 Å². The average molecular weight is 407 g/mol. The molecule has 2 N–H and O–H groups in total. The molecule has 1 aromatic carbocycles. The number of aliphatic hydroxyl groups is 2. The van der Waals surface area contributed by atoms with Gasteiger partial charge in [-0.3, -0.25) is 0 Å². The van der Waals surface area contributed by atoms with E-state index in [0.29, 0.717) is 30.8 Å². The van der Waals surface area contributed by atoms with Gasteiger partial charge in [-0.15, -0.1) is 0 Å². The second-order valence-electron chi connectivity index (χ2n) is 7.97. The van der Waals surface area contributed by atoms with Crippen molar-refractivity contribution in [3.63, 3.8) is 0 Å². The molecule has 1 saturated carbocycles. The third-order valence-corrected chi connectivity index (χ3v) is 6.62. The minimum Gasteiger partial charge on any atom is -0.493 e. The summed E-state index contributed by atoms with van der Waals surface area (Å²) in [6, 6.07) is 9.32. The molecule has 1 aromatic heterocycles. The SMILES string of the molecule is Cc1cc(OC[C@@H]2[C@H]3CC[C@H](c4ccc(CO)o4)OC[C@H]3C[C@@H]2O)ccc1Cl. The average Bonchev–Trinajstić information content (AvgIpc) is 3.22. The maximum absolute atomic E-state index is 10.6. The first-order valence-corrected chi connectivity index (χ1v) is 10.3. The molecule has 0 bridgehead atoms. The molecule has 5 nitrogen and oxygen atoms in total. The van der Waals surface area contributed by atoms with Crippen LogP contribution >= 0.6 is 11.6 Å². The Bertz CT molecular complexity index is 804. The molecule has 5 atom stereocenters. The summed E-state index contributed by atoms with van der Waals surface area (Å²) < 4.78 is 17.8. The number of ether oxygens (including phenoxy) is 2. The van der Waals surface area contributed by atoms with E-state index in [-0.39, 0.29) is 24.7 Å². The monoisotopic (exact) mass is 406 g/mol. The first-order valence-electron chi connectivity index (χ1n) is 9.93. The van der Waals surface area contributed by atoms with Crippen molar-refractivity contribution in [2.24, 2.45) is 17.8 Å². The molecule has 0 radical (unpaired) electrons. The van der Waals surface area contributed by atoms with E-state index in [9.17, 15) is 10.2 Å². The summed E-state index contributed by atoms with van der Waals surface area (Å²) in [6.45, 7) is 2.95. The molecule has 0 unspecified atom stereocenters. The van der Waals surface area contributed by atoms with Gasteiger partial charge in [0.15, 0.2) is 0 Å². The van der Waals surface area contributed by atoms with Crippen LogP contribution in [-0.4, -0.2) is 29.5 Å². The highest BCUT2D eigenvalue weighted by Crippen LogP contribution is 2.45. The van der Waals surface area contributed by atoms with Crippen LogP contribution in [0, 0.1) is 24.7 Å². The lowest BCUT2D eigenvalue weighted by Gasteiger charge is -2.24. The number of aryl methyl sites for hydroxylation is 1. The van der Waals surface area contributed by atoms with Gasteiger partial charge in [0.2, 0.25) is 0 Å². The van der Waals surface area contributed by atoms with E-state index in [1.807, 2.05) is 31.2 Å². The minimum absolute atomic E-state index is 0.0907. The van der Waals surface area contributed by atoms with Crippen LogP contribution in [0.2, 0.25) is 5.02 Å². The molecule has 2 fully saturated rings. The Hall–Kier alpha value is -1.53. The van der Waals surface area contributed by atoms with Crippen LogP contribution in [-0.2, 0) is 11.3 Å². The van der Waals surface area contributed by atoms with Crippen molar-refractivity contribution in [3.05, 3.63) is 52.4 Å². The van der Waals surface area contributed by atoms with Gasteiger partial charge in [0, 0.05) is 10.9 Å². The minimum atomic E-state index is -0.367. The van der Waals surface area contributed by atoms with Crippen LogP contribution in [0.3, 0.4) is 0 Å². The predicted octanol–water partition coefficient (Wildman–Crippen LogP) is 4.28. The Kier molecular flexibility index (Phi) is 5.97. The maximum Gasteiger partial charge on any atom is 0.133 e. The third kappa shape index (κ3) is 4.08. The van der Waals surface area contributed by atoms with Gasteiger partial charge < -0.3 is 24.1 Å². The second-order valence-corrected chi connectivity index (χ2v) is 8.38. The molecule has 0 spiro atoms. The lowest BCUT2D eigenvalue weighted by molar-refractivity contribution is 0.0199. The molecular formula is C22H27ClO5. The molecule has 28 heavy (non-hydrogen) atoms. The fraction of sp³-hybridized carbons (Fsp3) is 0.545. The topological polar surface area (TPSA) is 72.1 Å². The zero-order chi connectivity index (χ0) is 19.7. The van der Waals surface area contributed by atoms with Gasteiger partial charge in [-0.25, -0.2) is 0 Å². The van der Waals surface area contributed by atoms with Gasteiger partial charge in [-0.2, -0.15) is 0 Å². The van der Waals surface area contributed by atoms with Crippen molar-refractivity contribution in [3.8, 4) is 5.75 Å². The molecule has 6 heteroatoms. The van der Waals surface area contributed by atoms with Crippen molar-refractivity contribution in [2.45, 2.75) is 45.0 Å². The highest BCUT2D eigenvalue weighted by molar-refractivity contribution is 6.31. The Labute approximate surface area is 170 Å². The van der Waals surface area contributed by atoms with Crippen LogP contribution in [0.25, 0.3) is 0 Å². The van der Waals surface area contributed by atoms with Crippen molar-refractivity contribution in [2.75, 3.05) is 13.2 Å². The van der Waals surface area contributed by atoms with E-state index < -0.39 is 0 Å². The fourth-order valence-corrected chi connectivity index (χ4v) is 4.73. The van der Waals surface area contributed by atoms with Gasteiger partial charge in [0.05, 0.1) is 19.3 Å². The van der Waals surface area contributed by atoms with Crippen molar-refractivity contribution in [1.29, 1.82) is 0 Å². The standard InChI is InChI=1S/C22H27ClO5/c1-13-8-15(2-5-19(13)23)26-12-18-17-4-7-21(22-6-3-16(10-24)28-22)27-11-14(17)9-20(18)25/h2-3,5-6,8,14,17-18,20-21,24-25H,4,7,9-12H2,1H3/t14-,17+,18-,20+,21-/m1/s1. The van der Waals surface area contributed by atoms with E-state index in [4.69, 9.17) is 25.5 Å². The number of fused-ring (bicyclic) bond motifs is 1. The van der Waals surface area contributed by atoms with E-state index in [1.165, 1.54) is 0 Å². The van der Waals surface area contributed by atoms with Crippen molar-refractivity contribution in [1.82, 2.24) is 0 Å². The summed E-state index contributed by atoms with van der Waals surface area (Å²) in [6.07, 6.45) is 2.07. The Morgan fingerprint density at radius 1 is 1.21 bits per heavy atom. The Morgan fingerprint density at radius 3 is 2.82 bits per heavy atom. The lowest BCUT2D eigenvalue weighted by atomic mass is 9.86. The molecule has 2 aromatic rings. The number of aliphatic hydroxyl groups excluding tert-OH is 2. The fourth-order valence-electron chi connectivity index (χ4n) is 4.61. The molecule has 1 saturated heterocycles. The first kappa shape index (κ1) is 19.8. The van der Waals surface area contributed by atoms with Crippen LogP contribution in [0.15, 0.2) is 34.7 Å². The summed E-state index contributed by atoms with van der Waals surface area (Å²) in [4.78, 5) is 0. The van der Waals surface area contributed by atoms with Crippen molar-refractivity contribution < 1.29 is 24.1 Å². The molecule has 1 aliphatic heterocycles. The van der Waals surface area contributed by atoms with E-state index >= 15 is 0 Å². The zero-order valence-corrected chi connectivity index (χ0v) is 16.8. The van der Waals surface area contributed by atoms with Crippen LogP contribution in [0.5, 0.6) is 5.75 Å². The number of halogens is 1. The lowest BCUT2D eigenvalue weighted by Crippen LogP contribution is -2.27. The normalized spacial score (nSPS) is 30.1. The zero-order valence-electron chi connectivity index (χ0n) is 16.0. The molecule has 152 valence electrons. The molecule has 1 aliphatic carbocycles. The first-order chi connectivity index (χ1) is 13.5. The highest BCUT2D eigenvalue weighted by atomic mass is 35.5. The quantitative estimate of drug-likeness (QED) is 0.775. The van der Waals surface area contributed by atoms with Gasteiger partial charge >= 0.3 is 0 Å². The Morgan fingerprint density at radius 2 is 2.07 bits per heavy atom. The van der Waals surface area contributed by atoms with Crippen molar-refractivity contribution >= 4 is 11.6 Å². The Balaban J connectivity index is 1.40. The number of hydrogen-bond donors (Lipinski definition) is 2. The summed E-state index contributed by atoms with van der Waals surface area (Å²) in [5.74, 6) is 2.89. The van der Waals surface area contributed by atoms with Crippen LogP contribution < -0.4 is 4.74 Å². The van der Waals surface area contributed by atoms with Crippen LogP contribution in [0.1, 0.15) is 42.5 Å². The van der Waals surface area contributed by atoms with Gasteiger partial charge in [-0.1, -0.05) is 11.6 Å². The summed E-state index contributed by atoms with van der Waals surface area (Å²) >= 11 is 6.08. The number of hydrogen-bond acceptors (Lipinski definition) is 5. The van der Waals surface area contributed by atoms with Gasteiger partial charge in [0.1, 0.15) is 30.0 Å². The summed E-state index contributed by atoms with van der Waals surface area (Å²) in [7, 11) is 0. The van der Waals surface area contributed by atoms with E-state index in [0.717, 1.165) is 41.4 Å². The predicted molar refractivity (Wildman–Crippen MR) is 105 cm³/mol. The van der Waals surface area contributed by atoms with E-state index in [1.54, 1.807) is 6.07 Å². The molecule has 0 amide bonds. The number of furan rings is 1. The number of rotatable bonds is 5. The van der Waals surface area contributed by atoms with Gasteiger partial charge in [0.25, 0.3) is 0 Å². The molecular weight excluding hydrogens is 380 g/mol. The summed E-state index contributed by atoms with van der Waals surface area (Å²) in [5.41, 5.74) is 0.982. The van der Waals surface area contributed by atoms with Crippen LogP contribution in [0.4, 0.5) is 0 Å². The smallest absolute Gasteiger partial charge is 0.133 e. The number of benzene rings is 1. The molecule has 4 rings (SSSR count).